The molecule has 0 aliphatic carbocycles. The summed E-state index contributed by atoms with van der Waals surface area (Å²) in [6, 6.07) is 13.9. The van der Waals surface area contributed by atoms with Crippen molar-refractivity contribution in [2.75, 3.05) is 13.2 Å². The van der Waals surface area contributed by atoms with Gasteiger partial charge < -0.3 is 14.8 Å². The van der Waals surface area contributed by atoms with Gasteiger partial charge in [-0.05, 0) is 56.5 Å². The lowest BCUT2D eigenvalue weighted by Gasteiger charge is -2.19. The van der Waals surface area contributed by atoms with Crippen molar-refractivity contribution in [3.63, 3.8) is 0 Å². The van der Waals surface area contributed by atoms with Crippen molar-refractivity contribution < 1.29 is 14.3 Å². The van der Waals surface area contributed by atoms with E-state index in [1.807, 2.05) is 70.2 Å². The van der Waals surface area contributed by atoms with E-state index in [0.717, 1.165) is 22.6 Å². The molecule has 1 N–H and O–H groups in total. The zero-order valence-electron chi connectivity index (χ0n) is 15.5. The summed E-state index contributed by atoms with van der Waals surface area (Å²) in [6.07, 6.45) is 0.109. The van der Waals surface area contributed by atoms with Gasteiger partial charge >= 0.3 is 0 Å². The Morgan fingerprint density at radius 3 is 2.40 bits per heavy atom. The summed E-state index contributed by atoms with van der Waals surface area (Å²) in [5.41, 5.74) is 3.33. The van der Waals surface area contributed by atoms with Crippen molar-refractivity contribution in [1.29, 1.82) is 0 Å². The minimum Gasteiger partial charge on any atom is -0.492 e. The molecule has 0 saturated heterocycles. The average molecular weight is 341 g/mol. The summed E-state index contributed by atoms with van der Waals surface area (Å²) in [7, 11) is 0. The molecule has 25 heavy (non-hydrogen) atoms. The molecule has 0 saturated carbocycles. The molecule has 134 valence electrons. The second-order valence-electron chi connectivity index (χ2n) is 6.24. The Morgan fingerprint density at radius 1 is 1.04 bits per heavy atom. The van der Waals surface area contributed by atoms with Crippen LogP contribution in [0.15, 0.2) is 42.5 Å². The van der Waals surface area contributed by atoms with Gasteiger partial charge in [-0.25, -0.2) is 0 Å². The van der Waals surface area contributed by atoms with Crippen LogP contribution in [0.25, 0.3) is 0 Å². The Labute approximate surface area is 150 Å². The molecule has 2 aromatic carbocycles. The molecule has 0 aliphatic rings. The number of ether oxygens (including phenoxy) is 2. The molecule has 0 aromatic heterocycles. The van der Waals surface area contributed by atoms with Crippen LogP contribution in [0.1, 0.15) is 30.0 Å². The molecular formula is C21H27NO3. The normalized spacial score (nSPS) is 11.7. The van der Waals surface area contributed by atoms with Gasteiger partial charge in [-0.1, -0.05) is 36.8 Å². The first-order chi connectivity index (χ1) is 12.0. The molecule has 0 heterocycles. The van der Waals surface area contributed by atoms with Gasteiger partial charge in [0.05, 0.1) is 6.54 Å². The predicted molar refractivity (Wildman–Crippen MR) is 100 cm³/mol. The lowest BCUT2D eigenvalue weighted by molar-refractivity contribution is -0.128. The number of benzene rings is 2. The zero-order valence-corrected chi connectivity index (χ0v) is 15.5. The summed E-state index contributed by atoms with van der Waals surface area (Å²) in [4.78, 5) is 12.3. The van der Waals surface area contributed by atoms with E-state index < -0.39 is 6.10 Å². The smallest absolute Gasteiger partial charge is 0.261 e. The minimum absolute atomic E-state index is 0.115. The number of hydrogen-bond acceptors (Lipinski definition) is 3. The number of nitrogens with one attached hydrogen (secondary N) is 1. The van der Waals surface area contributed by atoms with E-state index in [1.165, 1.54) is 5.56 Å². The highest BCUT2D eigenvalue weighted by atomic mass is 16.5. The molecule has 0 spiro atoms. The second-order valence-corrected chi connectivity index (χ2v) is 6.24. The van der Waals surface area contributed by atoms with Gasteiger partial charge in [-0.15, -0.1) is 0 Å². The Bertz CT molecular complexity index is 695. The molecule has 0 aliphatic heterocycles. The first-order valence-corrected chi connectivity index (χ1v) is 8.70. The molecule has 2 rings (SSSR count). The first kappa shape index (κ1) is 18.8. The summed E-state index contributed by atoms with van der Waals surface area (Å²) >= 11 is 0. The number of amides is 1. The molecule has 4 heteroatoms. The van der Waals surface area contributed by atoms with Gasteiger partial charge in [-0.3, -0.25) is 4.79 Å². The van der Waals surface area contributed by atoms with Gasteiger partial charge in [0.25, 0.3) is 5.91 Å². The Balaban J connectivity index is 1.81. The SMILES string of the molecule is CCC(Oc1cc(C)ccc1C)C(=O)NCCOc1ccc(C)cc1. The number of aryl methyl sites for hydroxylation is 3. The topological polar surface area (TPSA) is 47.6 Å². The molecule has 0 fully saturated rings. The van der Waals surface area contributed by atoms with Gasteiger partial charge in [-0.2, -0.15) is 0 Å². The second kappa shape index (κ2) is 9.11. The fourth-order valence-corrected chi connectivity index (χ4v) is 2.40. The molecular weight excluding hydrogens is 314 g/mol. The van der Waals surface area contributed by atoms with Crippen LogP contribution in [0.3, 0.4) is 0 Å². The van der Waals surface area contributed by atoms with Gasteiger partial charge in [0.1, 0.15) is 18.1 Å². The number of carbonyl (C=O) groups is 1. The van der Waals surface area contributed by atoms with Crippen molar-refractivity contribution in [2.24, 2.45) is 0 Å². The molecule has 1 unspecified atom stereocenters. The molecule has 0 bridgehead atoms. The van der Waals surface area contributed by atoms with Crippen molar-refractivity contribution in [3.8, 4) is 11.5 Å². The zero-order chi connectivity index (χ0) is 18.2. The molecule has 0 radical (unpaired) electrons. The molecule has 4 nitrogen and oxygen atoms in total. The number of hydrogen-bond donors (Lipinski definition) is 1. The van der Waals surface area contributed by atoms with Crippen LogP contribution in [0, 0.1) is 20.8 Å². The summed E-state index contributed by atoms with van der Waals surface area (Å²) in [5, 5.41) is 2.88. The lowest BCUT2D eigenvalue weighted by atomic mass is 10.1. The van der Waals surface area contributed by atoms with Crippen molar-refractivity contribution in [2.45, 2.75) is 40.2 Å². The van der Waals surface area contributed by atoms with E-state index in [9.17, 15) is 4.79 Å². The van der Waals surface area contributed by atoms with Crippen molar-refractivity contribution in [1.82, 2.24) is 5.32 Å². The molecule has 2 aromatic rings. The maximum Gasteiger partial charge on any atom is 0.261 e. The third-order valence-corrected chi connectivity index (χ3v) is 3.97. The van der Waals surface area contributed by atoms with Crippen molar-refractivity contribution >= 4 is 5.91 Å². The summed E-state index contributed by atoms with van der Waals surface area (Å²) in [5.74, 6) is 1.45. The predicted octanol–water partition coefficient (Wildman–Crippen LogP) is 3.96. The third kappa shape index (κ3) is 5.82. The Hall–Kier alpha value is -2.49. The monoisotopic (exact) mass is 341 g/mol. The van der Waals surface area contributed by atoms with Crippen LogP contribution in [-0.2, 0) is 4.79 Å². The van der Waals surface area contributed by atoms with Crippen LogP contribution in [0.4, 0.5) is 0 Å². The van der Waals surface area contributed by atoms with Gasteiger partial charge in [0.15, 0.2) is 6.10 Å². The fraction of sp³-hybridized carbons (Fsp3) is 0.381. The maximum atomic E-state index is 12.3. The minimum atomic E-state index is -0.500. The quantitative estimate of drug-likeness (QED) is 0.739. The van der Waals surface area contributed by atoms with E-state index in [1.54, 1.807) is 0 Å². The highest BCUT2D eigenvalue weighted by Crippen LogP contribution is 2.21. The van der Waals surface area contributed by atoms with Crippen LogP contribution in [-0.4, -0.2) is 25.2 Å². The molecule has 1 amide bonds. The van der Waals surface area contributed by atoms with Gasteiger partial charge in [0, 0.05) is 0 Å². The third-order valence-electron chi connectivity index (χ3n) is 3.97. The summed E-state index contributed by atoms with van der Waals surface area (Å²) in [6.45, 7) is 8.83. The Kier molecular flexibility index (Phi) is 6.87. The lowest BCUT2D eigenvalue weighted by Crippen LogP contribution is -2.39. The highest BCUT2D eigenvalue weighted by molar-refractivity contribution is 5.81. The van der Waals surface area contributed by atoms with Crippen LogP contribution in [0.5, 0.6) is 11.5 Å². The van der Waals surface area contributed by atoms with E-state index in [2.05, 4.69) is 5.32 Å². The molecule has 1 atom stereocenters. The van der Waals surface area contributed by atoms with Crippen LogP contribution < -0.4 is 14.8 Å². The van der Waals surface area contributed by atoms with E-state index >= 15 is 0 Å². The maximum absolute atomic E-state index is 12.3. The van der Waals surface area contributed by atoms with E-state index in [0.29, 0.717) is 19.6 Å². The average Bonchev–Trinajstić information content (AvgIpc) is 2.60. The first-order valence-electron chi connectivity index (χ1n) is 8.70. The van der Waals surface area contributed by atoms with Crippen molar-refractivity contribution in [3.05, 3.63) is 59.2 Å². The van der Waals surface area contributed by atoms with Gasteiger partial charge in [0.2, 0.25) is 0 Å². The largest absolute Gasteiger partial charge is 0.492 e. The number of rotatable bonds is 8. The summed E-state index contributed by atoms with van der Waals surface area (Å²) < 4.78 is 11.5. The highest BCUT2D eigenvalue weighted by Gasteiger charge is 2.18. The van der Waals surface area contributed by atoms with Crippen LogP contribution >= 0.6 is 0 Å². The standard InChI is InChI=1S/C21H27NO3/c1-5-19(25-20-14-16(3)6-9-17(20)4)21(23)22-12-13-24-18-10-7-15(2)8-11-18/h6-11,14,19H,5,12-13H2,1-4H3,(H,22,23). The van der Waals surface area contributed by atoms with E-state index in [4.69, 9.17) is 9.47 Å². The van der Waals surface area contributed by atoms with E-state index in [-0.39, 0.29) is 5.91 Å². The van der Waals surface area contributed by atoms with Crippen LogP contribution in [0.2, 0.25) is 0 Å². The fourth-order valence-electron chi connectivity index (χ4n) is 2.40. The number of carbonyl (C=O) groups excluding carboxylic acids is 1. The Morgan fingerprint density at radius 2 is 1.72 bits per heavy atom.